The van der Waals surface area contributed by atoms with E-state index in [4.69, 9.17) is 4.74 Å². The van der Waals surface area contributed by atoms with Gasteiger partial charge in [0, 0.05) is 0 Å². The molecule has 0 aliphatic rings. The molecular formula is C19H38O2. The van der Waals surface area contributed by atoms with Crippen molar-refractivity contribution in [3.63, 3.8) is 0 Å². The van der Waals surface area contributed by atoms with Crippen LogP contribution < -0.4 is 0 Å². The van der Waals surface area contributed by atoms with E-state index in [0.717, 1.165) is 32.1 Å². The van der Waals surface area contributed by atoms with Crippen molar-refractivity contribution in [3.8, 4) is 0 Å². The van der Waals surface area contributed by atoms with Crippen LogP contribution in [0.25, 0.3) is 0 Å². The molecule has 0 saturated carbocycles. The number of unbranched alkanes of at least 4 members (excludes halogenated alkanes) is 1. The average molecular weight is 299 g/mol. The first-order valence-corrected chi connectivity index (χ1v) is 8.60. The van der Waals surface area contributed by atoms with Crippen LogP contribution in [0.5, 0.6) is 0 Å². The molecule has 2 nitrogen and oxygen atoms in total. The molecule has 0 aliphatic carbocycles. The van der Waals surface area contributed by atoms with E-state index in [9.17, 15) is 4.79 Å². The van der Waals surface area contributed by atoms with Gasteiger partial charge in [-0.25, -0.2) is 0 Å². The van der Waals surface area contributed by atoms with E-state index in [-0.39, 0.29) is 22.9 Å². The Balaban J connectivity index is 5.11. The van der Waals surface area contributed by atoms with E-state index in [1.807, 2.05) is 6.92 Å². The minimum atomic E-state index is -0.451. The molecule has 0 amide bonds. The number of esters is 1. The standard InChI is InChI=1S/C19H38O2/c1-10-12-13-15(3)21-16(20)19(9,17(4,5)6)14-18(7,8)11-2/h15H,10-14H2,1-9H3. The minimum absolute atomic E-state index is 0.0175. The zero-order valence-electron chi connectivity index (χ0n) is 15.9. The summed E-state index contributed by atoms with van der Waals surface area (Å²) in [5, 5.41) is 0. The van der Waals surface area contributed by atoms with Gasteiger partial charge in [0.05, 0.1) is 11.5 Å². The molecule has 0 bridgehead atoms. The summed E-state index contributed by atoms with van der Waals surface area (Å²) in [7, 11) is 0. The maximum atomic E-state index is 12.9. The van der Waals surface area contributed by atoms with E-state index in [1.165, 1.54) is 0 Å². The van der Waals surface area contributed by atoms with E-state index in [1.54, 1.807) is 0 Å². The second kappa shape index (κ2) is 7.65. The van der Waals surface area contributed by atoms with Crippen LogP contribution in [0.3, 0.4) is 0 Å². The smallest absolute Gasteiger partial charge is 0.312 e. The highest BCUT2D eigenvalue weighted by Crippen LogP contribution is 2.48. The molecule has 0 radical (unpaired) electrons. The fourth-order valence-corrected chi connectivity index (χ4v) is 2.59. The van der Waals surface area contributed by atoms with Gasteiger partial charge in [-0.3, -0.25) is 4.79 Å². The topological polar surface area (TPSA) is 26.3 Å². The Hall–Kier alpha value is -0.530. The first-order chi connectivity index (χ1) is 9.39. The Kier molecular flexibility index (Phi) is 7.45. The van der Waals surface area contributed by atoms with Crippen molar-refractivity contribution in [3.05, 3.63) is 0 Å². The lowest BCUT2D eigenvalue weighted by atomic mass is 9.60. The Bertz CT molecular complexity index is 325. The Labute approximate surface area is 133 Å². The molecule has 0 aromatic carbocycles. The van der Waals surface area contributed by atoms with Crippen LogP contribution >= 0.6 is 0 Å². The normalized spacial score (nSPS) is 17.2. The molecular weight excluding hydrogens is 260 g/mol. The van der Waals surface area contributed by atoms with Gasteiger partial charge < -0.3 is 4.74 Å². The van der Waals surface area contributed by atoms with Crippen molar-refractivity contribution in [2.75, 3.05) is 0 Å². The number of carbonyl (C=O) groups excluding carboxylic acids is 1. The summed E-state index contributed by atoms with van der Waals surface area (Å²) in [6.45, 7) is 19.4. The summed E-state index contributed by atoms with van der Waals surface area (Å²) in [4.78, 5) is 12.9. The van der Waals surface area contributed by atoms with Crippen molar-refractivity contribution < 1.29 is 9.53 Å². The molecule has 0 aliphatic heterocycles. The van der Waals surface area contributed by atoms with Gasteiger partial charge in [0.15, 0.2) is 0 Å². The molecule has 0 saturated heterocycles. The third kappa shape index (κ3) is 6.00. The average Bonchev–Trinajstić information content (AvgIpc) is 2.34. The van der Waals surface area contributed by atoms with Gasteiger partial charge in [-0.2, -0.15) is 0 Å². The van der Waals surface area contributed by atoms with Crippen molar-refractivity contribution in [2.24, 2.45) is 16.2 Å². The van der Waals surface area contributed by atoms with Crippen LogP contribution in [0.1, 0.15) is 94.4 Å². The number of ether oxygens (including phenoxy) is 1. The minimum Gasteiger partial charge on any atom is -0.462 e. The van der Waals surface area contributed by atoms with Crippen molar-refractivity contribution in [2.45, 2.75) is 101 Å². The maximum Gasteiger partial charge on any atom is 0.312 e. The zero-order valence-corrected chi connectivity index (χ0v) is 15.9. The van der Waals surface area contributed by atoms with Gasteiger partial charge in [-0.1, -0.05) is 67.7 Å². The Morgan fingerprint density at radius 3 is 1.95 bits per heavy atom. The van der Waals surface area contributed by atoms with Crippen LogP contribution in [-0.2, 0) is 9.53 Å². The zero-order chi connectivity index (χ0) is 16.9. The highest BCUT2D eigenvalue weighted by atomic mass is 16.5. The van der Waals surface area contributed by atoms with Gasteiger partial charge in [0.25, 0.3) is 0 Å². The van der Waals surface area contributed by atoms with Crippen molar-refractivity contribution in [1.82, 2.24) is 0 Å². The van der Waals surface area contributed by atoms with Gasteiger partial charge in [-0.15, -0.1) is 0 Å². The molecule has 0 aromatic rings. The van der Waals surface area contributed by atoms with E-state index >= 15 is 0 Å². The van der Waals surface area contributed by atoms with Crippen molar-refractivity contribution >= 4 is 5.97 Å². The van der Waals surface area contributed by atoms with Crippen LogP contribution in [-0.4, -0.2) is 12.1 Å². The first kappa shape index (κ1) is 20.5. The number of hydrogen-bond donors (Lipinski definition) is 0. The summed E-state index contributed by atoms with van der Waals surface area (Å²) in [6, 6.07) is 0. The summed E-state index contributed by atoms with van der Waals surface area (Å²) in [5.41, 5.74) is -0.415. The molecule has 0 spiro atoms. The summed E-state index contributed by atoms with van der Waals surface area (Å²) < 4.78 is 5.80. The van der Waals surface area contributed by atoms with Crippen molar-refractivity contribution in [1.29, 1.82) is 0 Å². The fraction of sp³-hybridized carbons (Fsp3) is 0.947. The third-order valence-electron chi connectivity index (χ3n) is 5.17. The molecule has 126 valence electrons. The summed E-state index contributed by atoms with van der Waals surface area (Å²) in [6.07, 6.45) is 5.16. The molecule has 0 fully saturated rings. The molecule has 2 atom stereocenters. The molecule has 0 rings (SSSR count). The van der Waals surface area contributed by atoms with Gasteiger partial charge >= 0.3 is 5.97 Å². The highest BCUT2D eigenvalue weighted by molar-refractivity contribution is 5.77. The highest BCUT2D eigenvalue weighted by Gasteiger charge is 2.48. The van der Waals surface area contributed by atoms with Crippen LogP contribution in [0.4, 0.5) is 0 Å². The molecule has 0 N–H and O–H groups in total. The molecule has 2 unspecified atom stereocenters. The lowest BCUT2D eigenvalue weighted by Crippen LogP contribution is -2.45. The maximum absolute atomic E-state index is 12.9. The monoisotopic (exact) mass is 298 g/mol. The largest absolute Gasteiger partial charge is 0.462 e. The molecule has 0 aromatic heterocycles. The van der Waals surface area contributed by atoms with Gasteiger partial charge in [-0.05, 0) is 37.5 Å². The van der Waals surface area contributed by atoms with Crippen LogP contribution in [0, 0.1) is 16.2 Å². The number of rotatable bonds is 8. The lowest BCUT2D eigenvalue weighted by molar-refractivity contribution is -0.170. The van der Waals surface area contributed by atoms with Crippen LogP contribution in [0.2, 0.25) is 0 Å². The number of carbonyl (C=O) groups is 1. The second-order valence-electron chi connectivity index (χ2n) is 8.63. The van der Waals surface area contributed by atoms with Gasteiger partial charge in [0.1, 0.15) is 0 Å². The third-order valence-corrected chi connectivity index (χ3v) is 5.17. The predicted molar refractivity (Wildman–Crippen MR) is 91.3 cm³/mol. The fourth-order valence-electron chi connectivity index (χ4n) is 2.59. The second-order valence-corrected chi connectivity index (χ2v) is 8.63. The SMILES string of the molecule is CCCCC(C)OC(=O)C(C)(CC(C)(C)CC)C(C)(C)C. The summed E-state index contributed by atoms with van der Waals surface area (Å²) >= 11 is 0. The van der Waals surface area contributed by atoms with Gasteiger partial charge in [0.2, 0.25) is 0 Å². The summed E-state index contributed by atoms with van der Waals surface area (Å²) in [5.74, 6) is -0.0277. The van der Waals surface area contributed by atoms with E-state index in [2.05, 4.69) is 55.4 Å². The predicted octanol–water partition coefficient (Wildman–Crippen LogP) is 5.99. The lowest BCUT2D eigenvalue weighted by Gasteiger charge is -2.44. The molecule has 2 heteroatoms. The molecule has 21 heavy (non-hydrogen) atoms. The Morgan fingerprint density at radius 1 is 1.05 bits per heavy atom. The van der Waals surface area contributed by atoms with Crippen LogP contribution in [0.15, 0.2) is 0 Å². The van der Waals surface area contributed by atoms with E-state index in [0.29, 0.717) is 0 Å². The number of hydrogen-bond acceptors (Lipinski definition) is 2. The molecule has 0 heterocycles. The first-order valence-electron chi connectivity index (χ1n) is 8.60. The Morgan fingerprint density at radius 2 is 1.57 bits per heavy atom. The van der Waals surface area contributed by atoms with E-state index < -0.39 is 5.41 Å². The quantitative estimate of drug-likeness (QED) is 0.515.